The molecule has 158 valence electrons. The van der Waals surface area contributed by atoms with Crippen LogP contribution in [0.5, 0.6) is 0 Å². The Morgan fingerprint density at radius 1 is 1.00 bits per heavy atom. The first kappa shape index (κ1) is 22.7. The van der Waals surface area contributed by atoms with Crippen LogP contribution in [0.25, 0.3) is 0 Å². The highest BCUT2D eigenvalue weighted by Gasteiger charge is 2.19. The second kappa shape index (κ2) is 9.76. The Morgan fingerprint density at radius 3 is 2.31 bits per heavy atom. The van der Waals surface area contributed by atoms with Gasteiger partial charge >= 0.3 is 0 Å². The van der Waals surface area contributed by atoms with Crippen molar-refractivity contribution in [1.29, 1.82) is 0 Å². The van der Waals surface area contributed by atoms with Crippen molar-refractivity contribution in [1.82, 2.24) is 9.21 Å². The van der Waals surface area contributed by atoms with Gasteiger partial charge in [0.05, 0.1) is 22.8 Å². The molecule has 0 aromatic heterocycles. The summed E-state index contributed by atoms with van der Waals surface area (Å²) in [6.45, 7) is 5.23. The topological polar surface area (TPSA) is 81.8 Å². The van der Waals surface area contributed by atoms with E-state index in [0.717, 1.165) is 16.8 Å². The molecule has 2 N–H and O–H groups in total. The fourth-order valence-electron chi connectivity index (χ4n) is 2.82. The first-order valence-electron chi connectivity index (χ1n) is 9.49. The van der Waals surface area contributed by atoms with Crippen LogP contribution in [-0.4, -0.2) is 57.8 Å². The van der Waals surface area contributed by atoms with Crippen LogP contribution in [0.4, 0.5) is 11.4 Å². The summed E-state index contributed by atoms with van der Waals surface area (Å²) in [4.78, 5) is 14.4. The zero-order valence-electron chi connectivity index (χ0n) is 17.7. The Morgan fingerprint density at radius 2 is 1.69 bits per heavy atom. The predicted octanol–water partition coefficient (Wildman–Crippen LogP) is 2.75. The summed E-state index contributed by atoms with van der Waals surface area (Å²) in [6, 6.07) is 12.8. The number of nitrogens with one attached hydrogen (secondary N) is 2. The number of sulfonamides is 1. The number of carbonyl (C=O) groups excluding carboxylic acids is 1. The van der Waals surface area contributed by atoms with Crippen LogP contribution >= 0.6 is 0 Å². The minimum Gasteiger partial charge on any atom is -0.384 e. The average Bonchev–Trinajstić information content (AvgIpc) is 2.68. The van der Waals surface area contributed by atoms with Crippen LogP contribution in [0.15, 0.2) is 47.4 Å². The number of hydrogen-bond acceptors (Lipinski definition) is 5. The third kappa shape index (κ3) is 5.71. The fraction of sp³-hybridized carbons (Fsp3) is 0.381. The summed E-state index contributed by atoms with van der Waals surface area (Å²) < 4.78 is 26.0. The normalized spacial score (nSPS) is 11.4. The standard InChI is InChI=1S/C21H30N4O3S/c1-6-22-19-12-11-18(29(27,28)24(3)4)13-20(19)23-14-21(26)25(5)15-17-10-8-7-9-16(17)2/h7-13,22-23H,6,14-15H2,1-5H3. The largest absolute Gasteiger partial charge is 0.384 e. The van der Waals surface area contributed by atoms with E-state index in [-0.39, 0.29) is 17.3 Å². The number of hydrogen-bond donors (Lipinski definition) is 2. The van der Waals surface area contributed by atoms with Gasteiger partial charge < -0.3 is 15.5 Å². The molecule has 0 heterocycles. The van der Waals surface area contributed by atoms with Crippen LogP contribution in [0.1, 0.15) is 18.1 Å². The lowest BCUT2D eigenvalue weighted by Crippen LogP contribution is -2.32. The van der Waals surface area contributed by atoms with Crippen molar-refractivity contribution >= 4 is 27.3 Å². The maximum Gasteiger partial charge on any atom is 0.242 e. The van der Waals surface area contributed by atoms with Gasteiger partial charge in [-0.2, -0.15) is 0 Å². The molecule has 0 saturated carbocycles. The average molecular weight is 419 g/mol. The zero-order chi connectivity index (χ0) is 21.6. The van der Waals surface area contributed by atoms with Crippen molar-refractivity contribution in [3.8, 4) is 0 Å². The number of carbonyl (C=O) groups is 1. The highest BCUT2D eigenvalue weighted by molar-refractivity contribution is 7.89. The number of nitrogens with zero attached hydrogens (tertiary/aromatic N) is 2. The zero-order valence-corrected chi connectivity index (χ0v) is 18.5. The molecule has 0 radical (unpaired) electrons. The van der Waals surface area contributed by atoms with Gasteiger partial charge in [-0.3, -0.25) is 4.79 Å². The Kier molecular flexibility index (Phi) is 7.64. The third-order valence-corrected chi connectivity index (χ3v) is 6.47. The number of amides is 1. The number of rotatable bonds is 9. The van der Waals surface area contributed by atoms with Crippen molar-refractivity contribution in [3.63, 3.8) is 0 Å². The van der Waals surface area contributed by atoms with E-state index >= 15 is 0 Å². The van der Waals surface area contributed by atoms with Gasteiger partial charge in [0.15, 0.2) is 0 Å². The summed E-state index contributed by atoms with van der Waals surface area (Å²) in [5.41, 5.74) is 3.55. The summed E-state index contributed by atoms with van der Waals surface area (Å²) in [5.74, 6) is -0.0865. The lowest BCUT2D eigenvalue weighted by atomic mass is 10.1. The molecule has 2 rings (SSSR count). The summed E-state index contributed by atoms with van der Waals surface area (Å²) in [6.07, 6.45) is 0. The molecule has 0 atom stereocenters. The molecular weight excluding hydrogens is 388 g/mol. The van der Waals surface area contributed by atoms with Gasteiger partial charge in [0.1, 0.15) is 0 Å². The molecular formula is C21H30N4O3S. The first-order chi connectivity index (χ1) is 13.7. The van der Waals surface area contributed by atoms with E-state index in [9.17, 15) is 13.2 Å². The Bertz CT molecular complexity index is 958. The molecule has 2 aromatic rings. The first-order valence-corrected chi connectivity index (χ1v) is 10.9. The third-order valence-electron chi connectivity index (χ3n) is 4.66. The van der Waals surface area contributed by atoms with E-state index in [0.29, 0.717) is 18.8 Å². The Hall–Kier alpha value is -2.58. The van der Waals surface area contributed by atoms with E-state index in [1.807, 2.05) is 38.1 Å². The molecule has 0 saturated heterocycles. The van der Waals surface area contributed by atoms with E-state index in [1.54, 1.807) is 30.1 Å². The van der Waals surface area contributed by atoms with Crippen LogP contribution in [0, 0.1) is 6.92 Å². The molecule has 0 bridgehead atoms. The Labute approximate surface area is 173 Å². The molecule has 7 nitrogen and oxygen atoms in total. The lowest BCUT2D eigenvalue weighted by molar-refractivity contribution is -0.128. The van der Waals surface area contributed by atoms with Crippen LogP contribution < -0.4 is 10.6 Å². The molecule has 8 heteroatoms. The summed E-state index contributed by atoms with van der Waals surface area (Å²) >= 11 is 0. The fourth-order valence-corrected chi connectivity index (χ4v) is 3.75. The van der Waals surface area contributed by atoms with E-state index < -0.39 is 10.0 Å². The van der Waals surface area contributed by atoms with Crippen molar-refractivity contribution in [2.45, 2.75) is 25.3 Å². The van der Waals surface area contributed by atoms with Crippen LogP contribution in [0.3, 0.4) is 0 Å². The maximum absolute atomic E-state index is 12.6. The van der Waals surface area contributed by atoms with Gasteiger partial charge in [-0.25, -0.2) is 12.7 Å². The minimum atomic E-state index is -3.56. The molecule has 0 unspecified atom stereocenters. The van der Waals surface area contributed by atoms with Crippen LogP contribution in [0.2, 0.25) is 0 Å². The number of aryl methyl sites for hydroxylation is 1. The number of likely N-dealkylation sites (N-methyl/N-ethyl adjacent to an activating group) is 1. The highest BCUT2D eigenvalue weighted by atomic mass is 32.2. The van der Waals surface area contributed by atoms with Crippen LogP contribution in [-0.2, 0) is 21.4 Å². The van der Waals surface area contributed by atoms with Crippen molar-refractivity contribution in [2.24, 2.45) is 0 Å². The summed E-state index contributed by atoms with van der Waals surface area (Å²) in [5, 5.41) is 6.28. The predicted molar refractivity (Wildman–Crippen MR) is 118 cm³/mol. The molecule has 0 aliphatic heterocycles. The highest BCUT2D eigenvalue weighted by Crippen LogP contribution is 2.26. The van der Waals surface area contributed by atoms with Gasteiger partial charge in [0.2, 0.25) is 15.9 Å². The van der Waals surface area contributed by atoms with Gasteiger partial charge in [0.25, 0.3) is 0 Å². The van der Waals surface area contributed by atoms with Gasteiger partial charge in [0, 0.05) is 34.2 Å². The molecule has 29 heavy (non-hydrogen) atoms. The quantitative estimate of drug-likeness (QED) is 0.654. The maximum atomic E-state index is 12.6. The molecule has 0 aliphatic carbocycles. The van der Waals surface area contributed by atoms with E-state index in [4.69, 9.17) is 0 Å². The number of anilines is 2. The molecule has 0 fully saturated rings. The Balaban J connectivity index is 2.15. The smallest absolute Gasteiger partial charge is 0.242 e. The minimum absolute atomic E-state index is 0.0617. The van der Waals surface area contributed by atoms with Crippen molar-refractivity contribution in [2.75, 3.05) is 44.9 Å². The summed E-state index contributed by atoms with van der Waals surface area (Å²) in [7, 11) is 1.18. The SMILES string of the molecule is CCNc1ccc(S(=O)(=O)N(C)C)cc1NCC(=O)N(C)Cc1ccccc1C. The van der Waals surface area contributed by atoms with Crippen molar-refractivity contribution < 1.29 is 13.2 Å². The number of benzene rings is 2. The molecule has 2 aromatic carbocycles. The molecule has 0 spiro atoms. The second-order valence-electron chi connectivity index (χ2n) is 7.05. The van der Waals surface area contributed by atoms with Gasteiger partial charge in [-0.15, -0.1) is 0 Å². The van der Waals surface area contributed by atoms with Gasteiger partial charge in [-0.05, 0) is 43.2 Å². The molecule has 0 aliphatic rings. The van der Waals surface area contributed by atoms with Gasteiger partial charge in [-0.1, -0.05) is 24.3 Å². The lowest BCUT2D eigenvalue weighted by Gasteiger charge is -2.20. The van der Waals surface area contributed by atoms with E-state index in [2.05, 4.69) is 10.6 Å². The second-order valence-corrected chi connectivity index (χ2v) is 9.21. The van der Waals surface area contributed by atoms with Crippen molar-refractivity contribution in [3.05, 3.63) is 53.6 Å². The molecule has 1 amide bonds. The monoisotopic (exact) mass is 418 g/mol. The van der Waals surface area contributed by atoms with E-state index in [1.165, 1.54) is 18.4 Å².